The van der Waals surface area contributed by atoms with Crippen molar-refractivity contribution in [3.63, 3.8) is 0 Å². The lowest BCUT2D eigenvalue weighted by atomic mass is 9.92. The molecule has 176 valence electrons. The Bertz CT molecular complexity index is 1030. The highest BCUT2D eigenvalue weighted by molar-refractivity contribution is 7.15. The van der Waals surface area contributed by atoms with Gasteiger partial charge in [0.05, 0.1) is 16.7 Å². The van der Waals surface area contributed by atoms with Crippen LogP contribution < -0.4 is 15.0 Å². The molecule has 3 heterocycles. The minimum absolute atomic E-state index is 0.123. The van der Waals surface area contributed by atoms with Crippen LogP contribution >= 0.6 is 11.3 Å². The third-order valence-electron chi connectivity index (χ3n) is 5.97. The number of carboxylic acid groups (broad SMARTS) is 1. The number of anilines is 2. The maximum atomic E-state index is 11.8. The van der Waals surface area contributed by atoms with Crippen LogP contribution in [-0.2, 0) is 0 Å². The van der Waals surface area contributed by atoms with Gasteiger partial charge in [0.15, 0.2) is 11.6 Å². The Labute approximate surface area is 200 Å². The maximum Gasteiger partial charge on any atom is 0.348 e. The van der Waals surface area contributed by atoms with Gasteiger partial charge < -0.3 is 20.1 Å². The number of carboxylic acids is 1. The van der Waals surface area contributed by atoms with E-state index in [4.69, 9.17) is 4.74 Å². The van der Waals surface area contributed by atoms with Crippen LogP contribution in [0.4, 0.5) is 11.5 Å². The van der Waals surface area contributed by atoms with Crippen molar-refractivity contribution in [2.75, 3.05) is 23.3 Å². The molecule has 2 aliphatic rings. The zero-order chi connectivity index (χ0) is 23.4. The number of aromatic nitrogens is 1. The zero-order valence-corrected chi connectivity index (χ0v) is 20.5. The van der Waals surface area contributed by atoms with Crippen LogP contribution in [0.25, 0.3) is 0 Å². The van der Waals surface area contributed by atoms with Crippen LogP contribution in [0.5, 0.6) is 5.75 Å². The Balaban J connectivity index is 1.37. The molecule has 2 fully saturated rings. The van der Waals surface area contributed by atoms with Crippen molar-refractivity contribution in [3.05, 3.63) is 34.2 Å². The fourth-order valence-electron chi connectivity index (χ4n) is 4.33. The molecule has 1 saturated heterocycles. The minimum atomic E-state index is -0.908. The molecule has 0 spiro atoms. The number of hydrogen-bond donors (Lipinski definition) is 2. The van der Waals surface area contributed by atoms with Crippen molar-refractivity contribution >= 4 is 28.8 Å². The average molecular weight is 468 g/mol. The van der Waals surface area contributed by atoms with E-state index in [2.05, 4.69) is 27.0 Å². The monoisotopic (exact) mass is 467 g/mol. The predicted octanol–water partition coefficient (Wildman–Crippen LogP) is 5.64. The van der Waals surface area contributed by atoms with Crippen LogP contribution in [0.15, 0.2) is 24.4 Å². The number of aromatic carboxylic acids is 1. The lowest BCUT2D eigenvalue weighted by Gasteiger charge is -2.31. The number of ether oxygens (including phenoxy) is 1. The van der Waals surface area contributed by atoms with Crippen LogP contribution in [-0.4, -0.2) is 41.3 Å². The van der Waals surface area contributed by atoms with E-state index >= 15 is 0 Å². The summed E-state index contributed by atoms with van der Waals surface area (Å²) < 4.78 is 6.38. The van der Waals surface area contributed by atoms with Gasteiger partial charge in [-0.2, -0.15) is 0 Å². The molecule has 0 radical (unpaired) electrons. The molecular formula is C26H33N3O3S. The van der Waals surface area contributed by atoms with Gasteiger partial charge in [-0.05, 0) is 77.5 Å². The van der Waals surface area contributed by atoms with E-state index in [1.165, 1.54) is 24.2 Å². The molecule has 1 aliphatic heterocycles. The van der Waals surface area contributed by atoms with Crippen LogP contribution in [0.3, 0.4) is 0 Å². The lowest BCUT2D eigenvalue weighted by Crippen LogP contribution is -2.32. The number of nitrogens with one attached hydrogen (secondary N) is 1. The molecule has 6 nitrogen and oxygen atoms in total. The van der Waals surface area contributed by atoms with E-state index in [9.17, 15) is 9.90 Å². The van der Waals surface area contributed by atoms with Gasteiger partial charge >= 0.3 is 5.97 Å². The molecule has 2 aromatic rings. The van der Waals surface area contributed by atoms with Crippen LogP contribution in [0.1, 0.15) is 73.8 Å². The van der Waals surface area contributed by atoms with Crippen LogP contribution in [0.2, 0.25) is 0 Å². The topological polar surface area (TPSA) is 74.7 Å². The first-order chi connectivity index (χ1) is 15.8. The van der Waals surface area contributed by atoms with Gasteiger partial charge in [-0.25, -0.2) is 9.78 Å². The highest BCUT2D eigenvalue weighted by Gasteiger charge is 2.26. The predicted molar refractivity (Wildman–Crippen MR) is 134 cm³/mol. The number of thiophene rings is 1. The van der Waals surface area contributed by atoms with Gasteiger partial charge in [0.2, 0.25) is 0 Å². The highest BCUT2D eigenvalue weighted by atomic mass is 32.1. The van der Waals surface area contributed by atoms with Crippen molar-refractivity contribution in [3.8, 4) is 17.6 Å². The number of hydrogen-bond acceptors (Lipinski definition) is 6. The fraction of sp³-hybridized carbons (Fsp3) is 0.538. The summed E-state index contributed by atoms with van der Waals surface area (Å²) in [6.07, 6.45) is 8.12. The smallest absolute Gasteiger partial charge is 0.348 e. The molecule has 0 unspecified atom stereocenters. The second-order valence-corrected chi connectivity index (χ2v) is 11.0. The van der Waals surface area contributed by atoms with Crippen molar-refractivity contribution in [2.45, 2.75) is 71.4 Å². The molecule has 7 heteroatoms. The summed E-state index contributed by atoms with van der Waals surface area (Å²) in [4.78, 5) is 19.8. The Hall–Kier alpha value is -2.72. The van der Waals surface area contributed by atoms with Gasteiger partial charge in [0.25, 0.3) is 0 Å². The molecule has 0 bridgehead atoms. The number of nitrogens with zero attached hydrogens (tertiary/aromatic N) is 2. The average Bonchev–Trinajstić information content (AvgIpc) is 3.44. The first-order valence-corrected chi connectivity index (χ1v) is 12.6. The molecule has 1 aliphatic carbocycles. The van der Waals surface area contributed by atoms with E-state index < -0.39 is 5.97 Å². The maximum absolute atomic E-state index is 11.8. The Morgan fingerprint density at radius 3 is 2.64 bits per heavy atom. The number of pyridine rings is 1. The summed E-state index contributed by atoms with van der Waals surface area (Å²) in [5.41, 5.74) is 0.557. The van der Waals surface area contributed by atoms with Crippen molar-refractivity contribution in [2.24, 2.45) is 5.41 Å². The zero-order valence-electron chi connectivity index (χ0n) is 19.7. The van der Waals surface area contributed by atoms with E-state index in [0.29, 0.717) is 10.6 Å². The summed E-state index contributed by atoms with van der Waals surface area (Å²) in [5.74, 6) is 7.26. The molecule has 2 aromatic heterocycles. The largest absolute Gasteiger partial charge is 0.487 e. The summed E-state index contributed by atoms with van der Waals surface area (Å²) in [5, 5.41) is 13.1. The van der Waals surface area contributed by atoms with Crippen molar-refractivity contribution < 1.29 is 14.6 Å². The number of rotatable bonds is 6. The lowest BCUT2D eigenvalue weighted by molar-refractivity contribution is 0.0703. The van der Waals surface area contributed by atoms with Crippen molar-refractivity contribution in [1.82, 2.24) is 4.98 Å². The molecule has 1 saturated carbocycles. The summed E-state index contributed by atoms with van der Waals surface area (Å²) in [6.45, 7) is 8.22. The summed E-state index contributed by atoms with van der Waals surface area (Å²) >= 11 is 1.24. The Morgan fingerprint density at radius 2 is 1.97 bits per heavy atom. The highest BCUT2D eigenvalue weighted by Crippen LogP contribution is 2.34. The summed E-state index contributed by atoms with van der Waals surface area (Å²) in [7, 11) is 0. The molecular weight excluding hydrogens is 434 g/mol. The molecule has 0 aromatic carbocycles. The second kappa shape index (κ2) is 10.0. The van der Waals surface area contributed by atoms with Gasteiger partial charge in [-0.3, -0.25) is 0 Å². The second-order valence-electron chi connectivity index (χ2n) is 9.91. The fourth-order valence-corrected chi connectivity index (χ4v) is 5.15. The van der Waals surface area contributed by atoms with Crippen LogP contribution in [0, 0.1) is 17.3 Å². The van der Waals surface area contributed by atoms with Gasteiger partial charge in [-0.1, -0.05) is 11.8 Å². The normalized spacial score (nSPS) is 20.8. The van der Waals surface area contributed by atoms with E-state index in [1.807, 2.05) is 45.2 Å². The third kappa shape index (κ3) is 6.20. The quantitative estimate of drug-likeness (QED) is 0.536. The molecule has 33 heavy (non-hydrogen) atoms. The van der Waals surface area contributed by atoms with E-state index in [-0.39, 0.29) is 17.6 Å². The van der Waals surface area contributed by atoms with Gasteiger partial charge in [0.1, 0.15) is 4.88 Å². The molecule has 0 atom stereocenters. The van der Waals surface area contributed by atoms with E-state index in [1.54, 1.807) is 0 Å². The first-order valence-electron chi connectivity index (χ1n) is 11.8. The third-order valence-corrected chi connectivity index (χ3v) is 7.01. The Morgan fingerprint density at radius 1 is 1.24 bits per heavy atom. The molecule has 4 rings (SSSR count). The van der Waals surface area contributed by atoms with E-state index in [0.717, 1.165) is 55.2 Å². The standard InChI is InChI=1S/C26H33N3O3S/c1-26(2,3)13-12-20-17-21(23(33-20)25(30)31)28-18-8-10-19(11-9-18)32-22-7-6-14-27-24(22)29-15-4-5-16-29/h6-7,14,17-19,28H,4-5,8-11,15-16H2,1-3H3,(H,30,31). The Kier molecular flexibility index (Phi) is 7.14. The van der Waals surface area contributed by atoms with Gasteiger partial charge in [0, 0.05) is 30.7 Å². The first kappa shape index (κ1) is 23.4. The SMILES string of the molecule is CC(C)(C)C#Cc1cc(NC2CCC(Oc3cccnc3N3CCCC3)CC2)c(C(=O)O)s1. The summed E-state index contributed by atoms with van der Waals surface area (Å²) in [6, 6.07) is 6.07. The molecule has 2 N–H and O–H groups in total. The number of carbonyl (C=O) groups is 1. The minimum Gasteiger partial charge on any atom is -0.487 e. The van der Waals surface area contributed by atoms with Crippen molar-refractivity contribution in [1.29, 1.82) is 0 Å². The molecule has 0 amide bonds. The van der Waals surface area contributed by atoms with Gasteiger partial charge in [-0.15, -0.1) is 11.3 Å².